The molecule has 3 aliphatic rings. The van der Waals surface area contributed by atoms with Gasteiger partial charge in [-0.25, -0.2) is 9.97 Å². The standard InChI is InChI=1S/C24H27N5O2S/c1-14-7-15(20-13-27-22(32-20)24(30)4-2-5-24)9-18(8-14)28-23-25-6-3-21(29-23)31-19-11-17-10-16(19)12-26-17/h3,6-9,13,16-17,19,26,30H,2,4-5,10-12H2,1H3,(H,25,28,29)/t16-,17+,19-/m1/s1. The number of nitrogens with one attached hydrogen (secondary N) is 2. The number of piperidine rings is 1. The first-order valence-electron chi connectivity index (χ1n) is 11.3. The summed E-state index contributed by atoms with van der Waals surface area (Å²) in [5, 5.41) is 18.3. The van der Waals surface area contributed by atoms with E-state index in [1.807, 2.05) is 12.3 Å². The van der Waals surface area contributed by atoms with Crippen molar-refractivity contribution in [3.63, 3.8) is 0 Å². The van der Waals surface area contributed by atoms with Crippen LogP contribution in [-0.2, 0) is 5.60 Å². The van der Waals surface area contributed by atoms with Gasteiger partial charge in [0.2, 0.25) is 11.8 Å². The third-order valence-corrected chi connectivity index (χ3v) is 8.14. The van der Waals surface area contributed by atoms with Crippen molar-refractivity contribution in [2.24, 2.45) is 5.92 Å². The number of nitrogens with zero attached hydrogens (tertiary/aromatic N) is 3. The Labute approximate surface area is 191 Å². The number of benzene rings is 1. The van der Waals surface area contributed by atoms with Crippen molar-refractivity contribution < 1.29 is 9.84 Å². The van der Waals surface area contributed by atoms with Gasteiger partial charge in [-0.2, -0.15) is 4.98 Å². The first-order valence-corrected chi connectivity index (χ1v) is 12.2. The number of hydrogen-bond acceptors (Lipinski definition) is 8. The van der Waals surface area contributed by atoms with Gasteiger partial charge < -0.3 is 20.5 Å². The summed E-state index contributed by atoms with van der Waals surface area (Å²) in [7, 11) is 0. The highest BCUT2D eigenvalue weighted by Gasteiger charge is 2.41. The lowest BCUT2D eigenvalue weighted by molar-refractivity contribution is -0.0389. The molecule has 8 heteroatoms. The maximum absolute atomic E-state index is 10.6. The van der Waals surface area contributed by atoms with Crippen LogP contribution in [0.1, 0.15) is 42.7 Å². The van der Waals surface area contributed by atoms with Crippen LogP contribution in [0.5, 0.6) is 5.88 Å². The summed E-state index contributed by atoms with van der Waals surface area (Å²) >= 11 is 1.57. The van der Waals surface area contributed by atoms with E-state index < -0.39 is 5.60 Å². The second-order valence-corrected chi connectivity index (χ2v) is 10.4. The molecule has 1 aromatic carbocycles. The molecule has 3 aromatic rings. The van der Waals surface area contributed by atoms with Gasteiger partial charge in [0.05, 0.1) is 4.88 Å². The smallest absolute Gasteiger partial charge is 0.230 e. The van der Waals surface area contributed by atoms with Crippen LogP contribution in [0.2, 0.25) is 0 Å². The Balaban J connectivity index is 1.20. The lowest BCUT2D eigenvalue weighted by Gasteiger charge is -2.34. The highest BCUT2D eigenvalue weighted by Crippen LogP contribution is 2.44. The van der Waals surface area contributed by atoms with E-state index in [9.17, 15) is 5.11 Å². The Morgan fingerprint density at radius 1 is 1.22 bits per heavy atom. The number of fused-ring (bicyclic) bond motifs is 2. The number of ether oxygens (including phenoxy) is 1. The van der Waals surface area contributed by atoms with Gasteiger partial charge in [0, 0.05) is 42.7 Å². The van der Waals surface area contributed by atoms with Crippen LogP contribution in [0.25, 0.3) is 10.4 Å². The van der Waals surface area contributed by atoms with Crippen LogP contribution >= 0.6 is 11.3 Å². The molecule has 3 fully saturated rings. The van der Waals surface area contributed by atoms with Gasteiger partial charge in [-0.15, -0.1) is 11.3 Å². The number of aromatic nitrogens is 3. The summed E-state index contributed by atoms with van der Waals surface area (Å²) in [5.74, 6) is 1.72. The fourth-order valence-electron chi connectivity index (χ4n) is 5.03. The van der Waals surface area contributed by atoms with Crippen LogP contribution in [0.4, 0.5) is 11.6 Å². The minimum Gasteiger partial charge on any atom is -0.474 e. The highest BCUT2D eigenvalue weighted by atomic mass is 32.1. The van der Waals surface area contributed by atoms with Gasteiger partial charge in [-0.1, -0.05) is 6.07 Å². The van der Waals surface area contributed by atoms with Crippen LogP contribution in [-0.4, -0.2) is 38.7 Å². The SMILES string of the molecule is Cc1cc(Nc2nccc(O[C@@H]3C[C@@H]4C[C@@H]3CN4)n2)cc(-c2cnc(C3(O)CCC3)s2)c1. The average molecular weight is 450 g/mol. The molecule has 0 unspecified atom stereocenters. The Hall–Kier alpha value is -2.55. The van der Waals surface area contributed by atoms with E-state index in [0.717, 1.165) is 58.9 Å². The Bertz CT molecular complexity index is 1140. The normalized spacial score (nSPS) is 25.5. The summed E-state index contributed by atoms with van der Waals surface area (Å²) in [6.45, 7) is 3.11. The Morgan fingerprint density at radius 3 is 2.88 bits per heavy atom. The molecule has 6 rings (SSSR count). The predicted octanol–water partition coefficient (Wildman–Crippen LogP) is 4.15. The van der Waals surface area contributed by atoms with Crippen LogP contribution in [0.15, 0.2) is 36.7 Å². The van der Waals surface area contributed by atoms with E-state index in [1.54, 1.807) is 17.5 Å². The van der Waals surface area contributed by atoms with Crippen LogP contribution < -0.4 is 15.4 Å². The first kappa shape index (κ1) is 20.1. The second-order valence-electron chi connectivity index (χ2n) is 9.34. The lowest BCUT2D eigenvalue weighted by atomic mass is 9.81. The maximum Gasteiger partial charge on any atom is 0.230 e. The molecule has 7 nitrogen and oxygen atoms in total. The molecule has 166 valence electrons. The zero-order chi connectivity index (χ0) is 21.7. The maximum atomic E-state index is 10.6. The average Bonchev–Trinajstić information content (AvgIpc) is 3.49. The number of anilines is 2. The molecule has 0 spiro atoms. The van der Waals surface area contributed by atoms with Gasteiger partial charge >= 0.3 is 0 Å². The van der Waals surface area contributed by atoms with Crippen molar-refractivity contribution >= 4 is 23.0 Å². The molecular weight excluding hydrogens is 422 g/mol. The molecule has 0 amide bonds. The molecule has 2 aromatic heterocycles. The molecule has 32 heavy (non-hydrogen) atoms. The highest BCUT2D eigenvalue weighted by molar-refractivity contribution is 7.15. The van der Waals surface area contributed by atoms with Crippen molar-refractivity contribution in [2.75, 3.05) is 11.9 Å². The van der Waals surface area contributed by atoms with E-state index in [0.29, 0.717) is 23.8 Å². The summed E-state index contributed by atoms with van der Waals surface area (Å²) < 4.78 is 6.19. The van der Waals surface area contributed by atoms with Gasteiger partial charge in [0.15, 0.2) is 0 Å². The molecule has 2 aliphatic carbocycles. The summed E-state index contributed by atoms with van der Waals surface area (Å²) in [5.41, 5.74) is 2.39. The fraction of sp³-hybridized carbons (Fsp3) is 0.458. The number of thiazole rings is 1. The van der Waals surface area contributed by atoms with E-state index >= 15 is 0 Å². The first-order chi connectivity index (χ1) is 15.5. The molecule has 1 aliphatic heterocycles. The molecule has 1 saturated heterocycles. The monoisotopic (exact) mass is 449 g/mol. The molecular formula is C24H27N5O2S. The van der Waals surface area contributed by atoms with Gasteiger partial charge in [-0.3, -0.25) is 0 Å². The van der Waals surface area contributed by atoms with Gasteiger partial charge in [-0.05, 0) is 62.3 Å². The molecule has 3 heterocycles. The van der Waals surface area contributed by atoms with E-state index in [4.69, 9.17) is 4.74 Å². The van der Waals surface area contributed by atoms with E-state index in [-0.39, 0.29) is 6.10 Å². The molecule has 2 saturated carbocycles. The fourth-order valence-corrected chi connectivity index (χ4v) is 6.08. The van der Waals surface area contributed by atoms with E-state index in [2.05, 4.69) is 50.7 Å². The van der Waals surface area contributed by atoms with Crippen molar-refractivity contribution in [1.82, 2.24) is 20.3 Å². The quantitative estimate of drug-likeness (QED) is 0.521. The zero-order valence-electron chi connectivity index (χ0n) is 18.0. The molecule has 3 N–H and O–H groups in total. The zero-order valence-corrected chi connectivity index (χ0v) is 18.9. The number of aryl methyl sites for hydroxylation is 1. The summed E-state index contributed by atoms with van der Waals surface area (Å²) in [6, 6.07) is 8.71. The van der Waals surface area contributed by atoms with Crippen molar-refractivity contribution in [2.45, 2.75) is 56.8 Å². The van der Waals surface area contributed by atoms with Crippen molar-refractivity contribution in [3.05, 3.63) is 47.2 Å². The largest absolute Gasteiger partial charge is 0.474 e. The Kier molecular flexibility index (Phi) is 4.89. The number of hydrogen-bond donors (Lipinski definition) is 3. The van der Waals surface area contributed by atoms with Crippen molar-refractivity contribution in [3.8, 4) is 16.3 Å². The van der Waals surface area contributed by atoms with Gasteiger partial charge in [0.25, 0.3) is 0 Å². The minimum absolute atomic E-state index is 0.237. The topological polar surface area (TPSA) is 92.2 Å². The van der Waals surface area contributed by atoms with Crippen LogP contribution in [0.3, 0.4) is 0 Å². The third kappa shape index (κ3) is 3.76. The third-order valence-electron chi connectivity index (χ3n) is 6.90. The Morgan fingerprint density at radius 2 is 2.12 bits per heavy atom. The predicted molar refractivity (Wildman–Crippen MR) is 124 cm³/mol. The number of aliphatic hydroxyl groups is 1. The van der Waals surface area contributed by atoms with E-state index in [1.165, 1.54) is 6.42 Å². The second kappa shape index (κ2) is 7.79. The number of rotatable bonds is 6. The van der Waals surface area contributed by atoms with Crippen molar-refractivity contribution in [1.29, 1.82) is 0 Å². The molecule has 2 bridgehead atoms. The van der Waals surface area contributed by atoms with Crippen LogP contribution in [0, 0.1) is 12.8 Å². The minimum atomic E-state index is -0.725. The summed E-state index contributed by atoms with van der Waals surface area (Å²) in [4.78, 5) is 14.5. The summed E-state index contributed by atoms with van der Waals surface area (Å²) in [6.07, 6.45) is 8.75. The lowest BCUT2D eigenvalue weighted by Crippen LogP contribution is -2.35. The molecule has 0 radical (unpaired) electrons. The molecule has 3 atom stereocenters. The van der Waals surface area contributed by atoms with Gasteiger partial charge in [0.1, 0.15) is 16.7 Å².